The van der Waals surface area contributed by atoms with E-state index >= 15 is 0 Å². The third kappa shape index (κ3) is 9.84. The van der Waals surface area contributed by atoms with E-state index in [1.807, 2.05) is 78.6 Å². The van der Waals surface area contributed by atoms with E-state index in [2.05, 4.69) is 21.3 Å². The quantitative estimate of drug-likeness (QED) is 0.164. The van der Waals surface area contributed by atoms with Gasteiger partial charge in [-0.15, -0.1) is 0 Å². The van der Waals surface area contributed by atoms with Crippen LogP contribution < -0.4 is 25.6 Å². The Morgan fingerprint density at radius 3 is 2.33 bits per heavy atom. The van der Waals surface area contributed by atoms with Gasteiger partial charge in [0.25, 0.3) is 11.8 Å². The maximum Gasteiger partial charge on any atom is 0.251 e. The SMILES string of the molecule is CC[C@H](NC[C@@H](Cc1ccccc1)NC(=O)c1cc(C(=O)NC(C)c2ccsc2)cc(N(C)SC)c1)C(=O)NCC1CC1. The van der Waals surface area contributed by atoms with Crippen LogP contribution in [0.15, 0.2) is 65.4 Å². The minimum absolute atomic E-state index is 0.000624. The Kier molecular flexibility index (Phi) is 12.1. The molecule has 1 aliphatic rings. The highest BCUT2D eigenvalue weighted by molar-refractivity contribution is 7.99. The lowest BCUT2D eigenvalue weighted by atomic mass is 10.0. The second-order valence-corrected chi connectivity index (χ2v) is 12.8. The Morgan fingerprint density at radius 1 is 1.02 bits per heavy atom. The fraction of sp³-hybridized carbons (Fsp3) is 0.424. The topological polar surface area (TPSA) is 103 Å². The molecule has 4 rings (SSSR count). The molecule has 3 amide bonds. The molecule has 1 aliphatic carbocycles. The number of carbonyl (C=O) groups excluding carboxylic acids is 3. The van der Waals surface area contributed by atoms with Crippen molar-refractivity contribution in [1.82, 2.24) is 21.3 Å². The number of hydrogen-bond acceptors (Lipinski definition) is 7. The first-order valence-electron chi connectivity index (χ1n) is 14.9. The zero-order valence-corrected chi connectivity index (χ0v) is 27.0. The Morgan fingerprint density at radius 2 is 1.72 bits per heavy atom. The highest BCUT2D eigenvalue weighted by Gasteiger charge is 2.25. The molecule has 1 unspecified atom stereocenters. The van der Waals surface area contributed by atoms with Crippen LogP contribution in [0, 0.1) is 5.92 Å². The fourth-order valence-electron chi connectivity index (χ4n) is 4.78. The zero-order valence-electron chi connectivity index (χ0n) is 25.4. The van der Waals surface area contributed by atoms with Crippen LogP contribution in [0.4, 0.5) is 5.69 Å². The molecule has 0 spiro atoms. The van der Waals surface area contributed by atoms with Crippen molar-refractivity contribution in [3.63, 3.8) is 0 Å². The first kappa shape index (κ1) is 32.6. The molecule has 3 aromatic rings. The Bertz CT molecular complexity index is 1350. The van der Waals surface area contributed by atoms with Crippen LogP contribution in [0.5, 0.6) is 0 Å². The van der Waals surface area contributed by atoms with Crippen LogP contribution in [0.25, 0.3) is 0 Å². The summed E-state index contributed by atoms with van der Waals surface area (Å²) in [5.74, 6) is 0.0949. The average Bonchev–Trinajstić information content (AvgIpc) is 3.69. The predicted octanol–water partition coefficient (Wildman–Crippen LogP) is 5.19. The van der Waals surface area contributed by atoms with Gasteiger partial charge < -0.3 is 25.6 Å². The van der Waals surface area contributed by atoms with E-state index in [1.165, 1.54) is 24.8 Å². The Labute approximate surface area is 263 Å². The predicted molar refractivity (Wildman–Crippen MR) is 178 cm³/mol. The maximum atomic E-state index is 13.8. The summed E-state index contributed by atoms with van der Waals surface area (Å²) in [5, 5.41) is 16.7. The molecule has 3 atom stereocenters. The molecule has 1 heterocycles. The zero-order chi connectivity index (χ0) is 30.8. The Hall–Kier alpha value is -3.34. The standard InChI is InChI=1S/C33H43N5O3S2/c1-5-30(33(41)35-19-24-11-12-24)34-20-28(15-23-9-7-6-8-10-23)37-32(40)27-16-26(17-29(18-27)38(3)42-4)31(39)36-22(2)25-13-14-43-21-25/h6-10,13-14,16-18,21-22,24,28,30,34H,5,11-12,15,19-20H2,1-4H3,(H,35,41)(H,36,39)(H,37,40)/t22?,28-,30+/m1/s1. The molecule has 43 heavy (non-hydrogen) atoms. The molecule has 1 aromatic heterocycles. The van der Waals surface area contributed by atoms with Crippen molar-refractivity contribution in [3.05, 3.63) is 87.6 Å². The van der Waals surface area contributed by atoms with Gasteiger partial charge in [0.1, 0.15) is 0 Å². The van der Waals surface area contributed by atoms with Crippen LogP contribution in [0.1, 0.15) is 71.0 Å². The molecule has 10 heteroatoms. The van der Waals surface area contributed by atoms with E-state index in [1.54, 1.807) is 29.5 Å². The van der Waals surface area contributed by atoms with E-state index in [4.69, 9.17) is 0 Å². The van der Waals surface area contributed by atoms with Crippen molar-refractivity contribution >= 4 is 46.7 Å². The number of thiophene rings is 1. The minimum atomic E-state index is -0.340. The van der Waals surface area contributed by atoms with E-state index in [0.29, 0.717) is 36.4 Å². The molecule has 1 fully saturated rings. The number of amides is 3. The molecule has 2 aromatic carbocycles. The summed E-state index contributed by atoms with van der Waals surface area (Å²) >= 11 is 3.08. The number of hydrogen-bond donors (Lipinski definition) is 4. The summed E-state index contributed by atoms with van der Waals surface area (Å²) in [4.78, 5) is 39.9. The summed E-state index contributed by atoms with van der Waals surface area (Å²) in [7, 11) is 1.90. The lowest BCUT2D eigenvalue weighted by molar-refractivity contribution is -0.123. The van der Waals surface area contributed by atoms with Gasteiger partial charge in [-0.3, -0.25) is 14.4 Å². The van der Waals surface area contributed by atoms with Crippen molar-refractivity contribution in [3.8, 4) is 0 Å². The monoisotopic (exact) mass is 621 g/mol. The number of nitrogens with one attached hydrogen (secondary N) is 4. The van der Waals surface area contributed by atoms with E-state index in [9.17, 15) is 14.4 Å². The molecular weight excluding hydrogens is 579 g/mol. The van der Waals surface area contributed by atoms with Gasteiger partial charge in [0.15, 0.2) is 0 Å². The van der Waals surface area contributed by atoms with Crippen molar-refractivity contribution < 1.29 is 14.4 Å². The summed E-state index contributed by atoms with van der Waals surface area (Å²) in [6, 6.07) is 16.5. The first-order valence-corrected chi connectivity index (χ1v) is 17.0. The summed E-state index contributed by atoms with van der Waals surface area (Å²) in [5.41, 5.74) is 3.70. The van der Waals surface area contributed by atoms with Crippen molar-refractivity contribution in [2.24, 2.45) is 5.92 Å². The molecule has 0 bridgehead atoms. The second-order valence-electron chi connectivity index (χ2n) is 11.1. The van der Waals surface area contributed by atoms with Crippen LogP contribution >= 0.6 is 23.3 Å². The largest absolute Gasteiger partial charge is 0.354 e. The smallest absolute Gasteiger partial charge is 0.251 e. The molecule has 8 nitrogen and oxygen atoms in total. The van der Waals surface area contributed by atoms with Gasteiger partial charge in [0, 0.05) is 49.2 Å². The van der Waals surface area contributed by atoms with Crippen LogP contribution in [0.3, 0.4) is 0 Å². The second kappa shape index (κ2) is 15.9. The van der Waals surface area contributed by atoms with Gasteiger partial charge in [-0.25, -0.2) is 0 Å². The summed E-state index contributed by atoms with van der Waals surface area (Å²) in [6.45, 7) is 5.08. The van der Waals surface area contributed by atoms with E-state index in [-0.39, 0.29) is 35.8 Å². The molecule has 0 aliphatic heterocycles. The van der Waals surface area contributed by atoms with Crippen LogP contribution in [0.2, 0.25) is 0 Å². The van der Waals surface area contributed by atoms with E-state index in [0.717, 1.165) is 23.4 Å². The summed E-state index contributed by atoms with van der Waals surface area (Å²) < 4.78 is 1.92. The lowest BCUT2D eigenvalue weighted by Crippen LogP contribution is -2.50. The number of benzene rings is 2. The molecular formula is C33H43N5O3S2. The average molecular weight is 622 g/mol. The van der Waals surface area contributed by atoms with Gasteiger partial charge in [0.05, 0.1) is 12.1 Å². The number of rotatable bonds is 16. The molecule has 230 valence electrons. The molecule has 0 saturated heterocycles. The van der Waals surface area contributed by atoms with E-state index < -0.39 is 0 Å². The van der Waals surface area contributed by atoms with Gasteiger partial charge >= 0.3 is 0 Å². The highest BCUT2D eigenvalue weighted by Crippen LogP contribution is 2.27. The molecule has 4 N–H and O–H groups in total. The third-order valence-electron chi connectivity index (χ3n) is 7.73. The third-order valence-corrected chi connectivity index (χ3v) is 9.19. The van der Waals surface area contributed by atoms with Crippen LogP contribution in [-0.2, 0) is 11.2 Å². The first-order chi connectivity index (χ1) is 20.8. The molecule has 0 radical (unpaired) electrons. The maximum absolute atomic E-state index is 13.8. The minimum Gasteiger partial charge on any atom is -0.354 e. The number of nitrogens with zero attached hydrogens (tertiary/aromatic N) is 1. The van der Waals surface area contributed by atoms with Gasteiger partial charge in [-0.1, -0.05) is 49.2 Å². The lowest BCUT2D eigenvalue weighted by Gasteiger charge is -2.24. The van der Waals surface area contributed by atoms with Crippen molar-refractivity contribution in [2.45, 2.75) is 57.7 Å². The highest BCUT2D eigenvalue weighted by atomic mass is 32.2. The normalized spacial score (nSPS) is 14.8. The number of anilines is 1. The Balaban J connectivity index is 1.51. The van der Waals surface area contributed by atoms with Crippen molar-refractivity contribution in [2.75, 3.05) is 30.7 Å². The van der Waals surface area contributed by atoms with Gasteiger partial charge in [-0.05, 0) is 84.7 Å². The number of carbonyl (C=O) groups is 3. The van der Waals surface area contributed by atoms with Crippen LogP contribution in [-0.4, -0.2) is 56.2 Å². The van der Waals surface area contributed by atoms with Gasteiger partial charge in [0.2, 0.25) is 5.91 Å². The van der Waals surface area contributed by atoms with Gasteiger partial charge in [-0.2, -0.15) is 11.3 Å². The fourth-order valence-corrected chi connectivity index (χ4v) is 5.85. The molecule has 1 saturated carbocycles. The summed E-state index contributed by atoms with van der Waals surface area (Å²) in [6.07, 6.45) is 5.54. The van der Waals surface area contributed by atoms with Crippen molar-refractivity contribution in [1.29, 1.82) is 0 Å².